The molecule has 1 saturated heterocycles. The van der Waals surface area contributed by atoms with E-state index < -0.39 is 0 Å². The summed E-state index contributed by atoms with van der Waals surface area (Å²) in [6.07, 6.45) is 5.98. The Balaban J connectivity index is 1.40. The van der Waals surface area contributed by atoms with E-state index in [0.29, 0.717) is 12.3 Å². The Kier molecular flexibility index (Phi) is 6.32. The van der Waals surface area contributed by atoms with Gasteiger partial charge in [0.05, 0.1) is 22.7 Å². The SMILES string of the molecule is Cc1nc(C(=O)C2CCNC(CCOc3cccnc3)C2)c(-c2ccccc2)s1. The lowest BCUT2D eigenvalue weighted by molar-refractivity contribution is 0.0868. The van der Waals surface area contributed by atoms with Crippen LogP contribution in [-0.4, -0.2) is 34.9 Å². The van der Waals surface area contributed by atoms with E-state index in [4.69, 9.17) is 4.74 Å². The summed E-state index contributed by atoms with van der Waals surface area (Å²) in [5.74, 6) is 0.956. The summed E-state index contributed by atoms with van der Waals surface area (Å²) in [5, 5.41) is 4.46. The Labute approximate surface area is 175 Å². The summed E-state index contributed by atoms with van der Waals surface area (Å²) in [5.41, 5.74) is 1.70. The monoisotopic (exact) mass is 407 g/mol. The molecule has 3 aromatic rings. The van der Waals surface area contributed by atoms with Crippen molar-refractivity contribution in [2.75, 3.05) is 13.2 Å². The highest BCUT2D eigenvalue weighted by molar-refractivity contribution is 7.15. The second-order valence-corrected chi connectivity index (χ2v) is 8.54. The van der Waals surface area contributed by atoms with Crippen LogP contribution in [0.2, 0.25) is 0 Å². The van der Waals surface area contributed by atoms with Gasteiger partial charge in [-0.25, -0.2) is 4.98 Å². The van der Waals surface area contributed by atoms with Crippen molar-refractivity contribution in [2.24, 2.45) is 5.92 Å². The van der Waals surface area contributed by atoms with Gasteiger partial charge in [-0.15, -0.1) is 11.3 Å². The third kappa shape index (κ3) is 4.89. The standard InChI is InChI=1S/C23H25N3O2S/c1-16-26-21(23(29-16)17-6-3-2-4-7-17)22(27)18-9-12-25-19(14-18)10-13-28-20-8-5-11-24-15-20/h2-8,11,15,18-19,25H,9-10,12-14H2,1H3. The normalized spacial score (nSPS) is 19.1. The second kappa shape index (κ2) is 9.29. The summed E-state index contributed by atoms with van der Waals surface area (Å²) in [6.45, 7) is 3.42. The molecule has 150 valence electrons. The highest BCUT2D eigenvalue weighted by atomic mass is 32.1. The van der Waals surface area contributed by atoms with Crippen LogP contribution in [0.5, 0.6) is 5.75 Å². The molecule has 6 heteroatoms. The molecule has 2 atom stereocenters. The molecular weight excluding hydrogens is 382 g/mol. The molecule has 0 bridgehead atoms. The number of nitrogens with zero attached hydrogens (tertiary/aromatic N) is 2. The Bertz CT molecular complexity index is 943. The molecule has 1 aliphatic rings. The van der Waals surface area contributed by atoms with E-state index in [9.17, 15) is 4.79 Å². The van der Waals surface area contributed by atoms with Gasteiger partial charge in [-0.2, -0.15) is 0 Å². The third-order valence-corrected chi connectivity index (χ3v) is 6.26. The van der Waals surface area contributed by atoms with Gasteiger partial charge in [0.15, 0.2) is 5.78 Å². The number of nitrogens with one attached hydrogen (secondary N) is 1. The van der Waals surface area contributed by atoms with Crippen LogP contribution in [0.25, 0.3) is 10.4 Å². The summed E-state index contributed by atoms with van der Waals surface area (Å²) < 4.78 is 5.77. The molecule has 1 aliphatic heterocycles. The molecule has 1 N–H and O–H groups in total. The first-order valence-corrected chi connectivity index (χ1v) is 10.9. The Morgan fingerprint density at radius 2 is 2.10 bits per heavy atom. The largest absolute Gasteiger partial charge is 0.492 e. The summed E-state index contributed by atoms with van der Waals surface area (Å²) in [6, 6.07) is 14.1. The van der Waals surface area contributed by atoms with E-state index in [1.807, 2.05) is 49.4 Å². The Morgan fingerprint density at radius 1 is 1.24 bits per heavy atom. The van der Waals surface area contributed by atoms with Gasteiger partial charge in [-0.05, 0) is 50.4 Å². The zero-order valence-corrected chi connectivity index (χ0v) is 17.3. The number of aromatic nitrogens is 2. The lowest BCUT2D eigenvalue weighted by Gasteiger charge is -2.29. The predicted octanol–water partition coefficient (Wildman–Crippen LogP) is 4.53. The Morgan fingerprint density at radius 3 is 2.90 bits per heavy atom. The zero-order valence-electron chi connectivity index (χ0n) is 16.5. The molecule has 3 heterocycles. The lowest BCUT2D eigenvalue weighted by atomic mass is 9.86. The van der Waals surface area contributed by atoms with Crippen LogP contribution in [0.3, 0.4) is 0 Å². The fourth-order valence-electron chi connectivity index (χ4n) is 3.79. The van der Waals surface area contributed by atoms with Gasteiger partial charge >= 0.3 is 0 Å². The molecule has 5 nitrogen and oxygen atoms in total. The molecule has 0 amide bonds. The maximum absolute atomic E-state index is 13.3. The minimum Gasteiger partial charge on any atom is -0.492 e. The topological polar surface area (TPSA) is 64.1 Å². The number of ether oxygens (including phenoxy) is 1. The average Bonchev–Trinajstić information content (AvgIpc) is 3.16. The van der Waals surface area contributed by atoms with Gasteiger partial charge in [0.25, 0.3) is 0 Å². The molecular formula is C23H25N3O2S. The molecule has 29 heavy (non-hydrogen) atoms. The maximum atomic E-state index is 13.3. The van der Waals surface area contributed by atoms with Crippen molar-refractivity contribution in [3.05, 3.63) is 65.6 Å². The highest BCUT2D eigenvalue weighted by Gasteiger charge is 2.30. The molecule has 4 rings (SSSR count). The van der Waals surface area contributed by atoms with Crippen LogP contribution < -0.4 is 10.1 Å². The predicted molar refractivity (Wildman–Crippen MR) is 115 cm³/mol. The number of piperidine rings is 1. The number of ketones is 1. The van der Waals surface area contributed by atoms with Gasteiger partial charge in [-0.3, -0.25) is 9.78 Å². The van der Waals surface area contributed by atoms with Crippen LogP contribution in [0.1, 0.15) is 34.8 Å². The molecule has 0 radical (unpaired) electrons. The number of hydrogen-bond acceptors (Lipinski definition) is 6. The fraction of sp³-hybridized carbons (Fsp3) is 0.348. The molecule has 2 aromatic heterocycles. The van der Waals surface area contributed by atoms with Gasteiger partial charge in [-0.1, -0.05) is 30.3 Å². The van der Waals surface area contributed by atoms with Gasteiger partial charge in [0, 0.05) is 18.2 Å². The first-order valence-electron chi connectivity index (χ1n) is 10.0. The number of Topliss-reactive ketones (excluding diaryl/α,β-unsaturated/α-hetero) is 1. The quantitative estimate of drug-likeness (QED) is 0.583. The van der Waals surface area contributed by atoms with E-state index in [-0.39, 0.29) is 17.7 Å². The maximum Gasteiger partial charge on any atom is 0.185 e. The fourth-order valence-corrected chi connectivity index (χ4v) is 4.72. The van der Waals surface area contributed by atoms with Crippen molar-refractivity contribution in [3.63, 3.8) is 0 Å². The van der Waals surface area contributed by atoms with Crippen LogP contribution in [-0.2, 0) is 0 Å². The second-order valence-electron chi connectivity index (χ2n) is 7.34. The van der Waals surface area contributed by atoms with Crippen molar-refractivity contribution in [2.45, 2.75) is 32.2 Å². The lowest BCUT2D eigenvalue weighted by Crippen LogP contribution is -2.41. The highest BCUT2D eigenvalue weighted by Crippen LogP contribution is 2.33. The van der Waals surface area contributed by atoms with Crippen molar-refractivity contribution in [1.29, 1.82) is 0 Å². The number of aryl methyl sites for hydroxylation is 1. The van der Waals surface area contributed by atoms with Crippen molar-refractivity contribution in [3.8, 4) is 16.2 Å². The summed E-state index contributed by atoms with van der Waals surface area (Å²) >= 11 is 1.60. The minimum absolute atomic E-state index is 0.00334. The number of carbonyl (C=O) groups excluding carboxylic acids is 1. The van der Waals surface area contributed by atoms with Crippen LogP contribution >= 0.6 is 11.3 Å². The third-order valence-electron chi connectivity index (χ3n) is 5.24. The molecule has 1 fully saturated rings. The van der Waals surface area contributed by atoms with E-state index in [0.717, 1.165) is 47.0 Å². The van der Waals surface area contributed by atoms with Crippen molar-refractivity contribution in [1.82, 2.24) is 15.3 Å². The molecule has 0 spiro atoms. The number of rotatable bonds is 7. The van der Waals surface area contributed by atoms with E-state index >= 15 is 0 Å². The van der Waals surface area contributed by atoms with E-state index in [1.54, 1.807) is 23.7 Å². The summed E-state index contributed by atoms with van der Waals surface area (Å²) in [4.78, 5) is 23.0. The van der Waals surface area contributed by atoms with Crippen LogP contribution in [0.15, 0.2) is 54.9 Å². The minimum atomic E-state index is 0.00334. The van der Waals surface area contributed by atoms with Crippen LogP contribution in [0.4, 0.5) is 0 Å². The number of thiazole rings is 1. The molecule has 0 aliphatic carbocycles. The smallest absolute Gasteiger partial charge is 0.185 e. The average molecular weight is 408 g/mol. The van der Waals surface area contributed by atoms with Gasteiger partial charge in [0.2, 0.25) is 0 Å². The number of hydrogen-bond donors (Lipinski definition) is 1. The van der Waals surface area contributed by atoms with E-state index in [2.05, 4.69) is 15.3 Å². The molecule has 2 unspecified atom stereocenters. The Hall–Kier alpha value is -2.57. The van der Waals surface area contributed by atoms with Gasteiger partial charge < -0.3 is 10.1 Å². The number of benzene rings is 1. The summed E-state index contributed by atoms with van der Waals surface area (Å²) in [7, 11) is 0. The van der Waals surface area contributed by atoms with E-state index in [1.165, 1.54) is 0 Å². The zero-order chi connectivity index (χ0) is 20.1. The molecule has 1 aromatic carbocycles. The first kappa shape index (κ1) is 19.7. The van der Waals surface area contributed by atoms with Crippen LogP contribution in [0, 0.1) is 12.8 Å². The number of carbonyl (C=O) groups is 1. The molecule has 0 saturated carbocycles. The van der Waals surface area contributed by atoms with Crippen molar-refractivity contribution >= 4 is 17.1 Å². The van der Waals surface area contributed by atoms with Gasteiger partial charge in [0.1, 0.15) is 11.4 Å². The first-order chi connectivity index (χ1) is 14.2. The van der Waals surface area contributed by atoms with Crippen molar-refractivity contribution < 1.29 is 9.53 Å². The number of pyridine rings is 1.